The van der Waals surface area contributed by atoms with Crippen LogP contribution in [0.15, 0.2) is 4.99 Å². The van der Waals surface area contributed by atoms with Gasteiger partial charge in [-0.2, -0.15) is 0 Å². The van der Waals surface area contributed by atoms with Crippen LogP contribution >= 0.6 is 0 Å². The van der Waals surface area contributed by atoms with Gasteiger partial charge in [-0.1, -0.05) is 27.7 Å². The molecule has 0 fully saturated rings. The predicted octanol–water partition coefficient (Wildman–Crippen LogP) is -2.40. The number of hydrogen-bond donors (Lipinski definition) is 13. The van der Waals surface area contributed by atoms with E-state index < -0.39 is 103 Å². The van der Waals surface area contributed by atoms with Crippen molar-refractivity contribution >= 4 is 53.3 Å². The Balaban J connectivity index is 6.14. The fraction of sp³-hybridized carbons (Fsp3) is 0.763. The molecule has 0 aromatic heterocycles. The second-order valence-corrected chi connectivity index (χ2v) is 15.7. The molecule has 18 N–H and O–H groups in total. The van der Waals surface area contributed by atoms with Crippen LogP contribution in [0.5, 0.6) is 0 Å². The maximum atomic E-state index is 13.8. The summed E-state index contributed by atoms with van der Waals surface area (Å²) in [6.07, 6.45) is 1.85. The van der Waals surface area contributed by atoms with E-state index in [4.69, 9.17) is 28.7 Å². The minimum absolute atomic E-state index is 0.0480. The second kappa shape index (κ2) is 30.0. The molecule has 60 heavy (non-hydrogen) atoms. The molecule has 0 bridgehead atoms. The first-order valence-corrected chi connectivity index (χ1v) is 20.6. The number of nitrogens with zero attached hydrogens (tertiary/aromatic N) is 1. The smallest absolute Gasteiger partial charge is 0.326 e. The number of rotatable bonds is 32. The molecule has 0 saturated heterocycles. The zero-order valence-corrected chi connectivity index (χ0v) is 35.8. The molecule has 0 radical (unpaired) electrons. The molecule has 0 saturated carbocycles. The Morgan fingerprint density at radius 2 is 0.933 bits per heavy atom. The Morgan fingerprint density at radius 1 is 0.517 bits per heavy atom. The number of carboxylic acids is 2. The van der Waals surface area contributed by atoms with Crippen LogP contribution in [-0.2, 0) is 38.4 Å². The first-order valence-electron chi connectivity index (χ1n) is 20.6. The lowest BCUT2D eigenvalue weighted by molar-refractivity contribution is -0.143. The Bertz CT molecular complexity index is 1430. The molecule has 0 spiro atoms. The number of nitrogens with two attached hydrogens (primary N) is 5. The van der Waals surface area contributed by atoms with Gasteiger partial charge in [0.05, 0.1) is 6.04 Å². The van der Waals surface area contributed by atoms with Crippen molar-refractivity contribution in [1.29, 1.82) is 0 Å². The van der Waals surface area contributed by atoms with Gasteiger partial charge in [0.2, 0.25) is 35.4 Å². The van der Waals surface area contributed by atoms with Crippen molar-refractivity contribution in [1.82, 2.24) is 31.9 Å². The molecular formula is C38H72N12O10. The van der Waals surface area contributed by atoms with Crippen LogP contribution in [0, 0.1) is 11.8 Å². The van der Waals surface area contributed by atoms with Gasteiger partial charge < -0.3 is 70.8 Å². The monoisotopic (exact) mass is 857 g/mol. The lowest BCUT2D eigenvalue weighted by Gasteiger charge is -2.27. The summed E-state index contributed by atoms with van der Waals surface area (Å²) in [6, 6.07) is -8.49. The summed E-state index contributed by atoms with van der Waals surface area (Å²) in [5.74, 6) is -7.34. The van der Waals surface area contributed by atoms with Gasteiger partial charge in [0.15, 0.2) is 5.96 Å². The lowest BCUT2D eigenvalue weighted by Crippen LogP contribution is -2.59. The van der Waals surface area contributed by atoms with Gasteiger partial charge in [-0.3, -0.25) is 38.6 Å². The van der Waals surface area contributed by atoms with Crippen LogP contribution in [0.4, 0.5) is 0 Å². The van der Waals surface area contributed by atoms with Gasteiger partial charge in [0, 0.05) is 13.0 Å². The summed E-state index contributed by atoms with van der Waals surface area (Å²) < 4.78 is 0. The maximum absolute atomic E-state index is 13.8. The first-order chi connectivity index (χ1) is 28.1. The van der Waals surface area contributed by atoms with E-state index in [0.717, 1.165) is 0 Å². The number of nitrogens with one attached hydrogen (secondary N) is 6. The van der Waals surface area contributed by atoms with Crippen molar-refractivity contribution < 1.29 is 48.6 Å². The lowest BCUT2D eigenvalue weighted by atomic mass is 10.0. The number of aliphatic imine (C=N–C) groups is 1. The average molecular weight is 857 g/mol. The van der Waals surface area contributed by atoms with Gasteiger partial charge in [-0.25, -0.2) is 4.79 Å². The van der Waals surface area contributed by atoms with E-state index in [0.29, 0.717) is 32.1 Å². The minimum Gasteiger partial charge on any atom is -0.481 e. The molecule has 0 rings (SSSR count). The highest BCUT2D eigenvalue weighted by atomic mass is 16.4. The van der Waals surface area contributed by atoms with Gasteiger partial charge in [0.1, 0.15) is 36.3 Å². The van der Waals surface area contributed by atoms with Crippen LogP contribution in [0.3, 0.4) is 0 Å². The van der Waals surface area contributed by atoms with Crippen molar-refractivity contribution in [3.8, 4) is 0 Å². The SMILES string of the molecule is CC(C)CC(NC(=O)C(CCCCN)NC(=O)C(CCC(=O)O)NC(=O)C(CCCCN)NC(=O)C(C)NC(=O)C(CC(C)C)NC(=O)C(N)CCCN=C(N)N)C(=O)O. The maximum Gasteiger partial charge on any atom is 0.326 e. The van der Waals surface area contributed by atoms with Crippen LogP contribution in [-0.4, -0.2) is 125 Å². The molecule has 0 aromatic rings. The third kappa shape index (κ3) is 24.1. The fourth-order valence-electron chi connectivity index (χ4n) is 5.88. The third-order valence-electron chi connectivity index (χ3n) is 9.16. The molecule has 344 valence electrons. The number of carbonyl (C=O) groups excluding carboxylic acids is 6. The Kier molecular flexibility index (Phi) is 27.5. The van der Waals surface area contributed by atoms with Gasteiger partial charge in [-0.05, 0) is 102 Å². The molecule has 0 aliphatic heterocycles. The topological polar surface area (TPSA) is 392 Å². The number of amides is 6. The molecule has 0 aromatic carbocycles. The Hall–Kier alpha value is -5.09. The molecule has 0 aliphatic rings. The Morgan fingerprint density at radius 3 is 1.37 bits per heavy atom. The van der Waals surface area contributed by atoms with E-state index in [9.17, 15) is 48.6 Å². The summed E-state index contributed by atoms with van der Waals surface area (Å²) >= 11 is 0. The zero-order chi connectivity index (χ0) is 45.9. The van der Waals surface area contributed by atoms with Crippen molar-refractivity contribution in [2.24, 2.45) is 45.5 Å². The quantitative estimate of drug-likeness (QED) is 0.0190. The molecule has 7 atom stereocenters. The van der Waals surface area contributed by atoms with Crippen LogP contribution < -0.4 is 60.6 Å². The van der Waals surface area contributed by atoms with Gasteiger partial charge in [-0.15, -0.1) is 0 Å². The van der Waals surface area contributed by atoms with Crippen LogP contribution in [0.25, 0.3) is 0 Å². The summed E-state index contributed by atoms with van der Waals surface area (Å²) in [6.45, 7) is 9.45. The standard InChI is InChI=1S/C38H72N12O10/c1-21(2)19-28(49-32(54)24(41)11-10-18-44-38(42)43)36(58)45-23(5)31(53)46-25(12-6-8-16-39)33(55)48-27(14-15-30(51)52)35(57)47-26(13-7-9-17-40)34(56)50-29(37(59)60)20-22(3)4/h21-29H,6-20,39-41H2,1-5H3,(H,45,58)(H,46,53)(H,47,57)(H,48,55)(H,49,54)(H,50,56)(H,51,52)(H,59,60)(H4,42,43,44). The normalized spacial score (nSPS) is 14.6. The van der Waals surface area contributed by atoms with Crippen LogP contribution in [0.2, 0.25) is 0 Å². The molecule has 6 amide bonds. The molecular weight excluding hydrogens is 784 g/mol. The average Bonchev–Trinajstić information content (AvgIpc) is 3.15. The van der Waals surface area contributed by atoms with E-state index in [1.165, 1.54) is 6.92 Å². The highest BCUT2D eigenvalue weighted by Gasteiger charge is 2.33. The van der Waals surface area contributed by atoms with Crippen LogP contribution in [0.1, 0.15) is 112 Å². The molecule has 7 unspecified atom stereocenters. The second-order valence-electron chi connectivity index (χ2n) is 15.7. The predicted molar refractivity (Wildman–Crippen MR) is 224 cm³/mol. The van der Waals surface area contributed by atoms with E-state index in [2.05, 4.69) is 36.9 Å². The largest absolute Gasteiger partial charge is 0.481 e. The van der Waals surface area contributed by atoms with E-state index in [1.54, 1.807) is 13.8 Å². The first kappa shape index (κ1) is 54.9. The summed E-state index contributed by atoms with van der Waals surface area (Å²) in [5.41, 5.74) is 27.9. The summed E-state index contributed by atoms with van der Waals surface area (Å²) in [7, 11) is 0. The van der Waals surface area contributed by atoms with Crippen molar-refractivity contribution in [3.05, 3.63) is 0 Å². The number of aliphatic carboxylic acids is 2. The van der Waals surface area contributed by atoms with E-state index in [1.807, 2.05) is 13.8 Å². The molecule has 22 nitrogen and oxygen atoms in total. The zero-order valence-electron chi connectivity index (χ0n) is 35.8. The fourth-order valence-corrected chi connectivity index (χ4v) is 5.88. The van der Waals surface area contributed by atoms with Crippen molar-refractivity contribution in [2.75, 3.05) is 19.6 Å². The number of unbranched alkanes of at least 4 members (excludes halogenated alkanes) is 2. The summed E-state index contributed by atoms with van der Waals surface area (Å²) in [5, 5.41) is 34.4. The summed E-state index contributed by atoms with van der Waals surface area (Å²) in [4.78, 5) is 108. The highest BCUT2D eigenvalue weighted by Crippen LogP contribution is 2.11. The number of carboxylic acid groups (broad SMARTS) is 2. The van der Waals surface area contributed by atoms with Crippen molar-refractivity contribution in [3.63, 3.8) is 0 Å². The minimum atomic E-state index is -1.49. The van der Waals surface area contributed by atoms with Crippen molar-refractivity contribution in [2.45, 2.75) is 154 Å². The highest BCUT2D eigenvalue weighted by molar-refractivity contribution is 5.97. The molecule has 0 aliphatic carbocycles. The molecule has 0 heterocycles. The van der Waals surface area contributed by atoms with Gasteiger partial charge in [0.25, 0.3) is 0 Å². The van der Waals surface area contributed by atoms with Gasteiger partial charge >= 0.3 is 11.9 Å². The van der Waals surface area contributed by atoms with E-state index >= 15 is 0 Å². The third-order valence-corrected chi connectivity index (χ3v) is 9.16. The number of guanidine groups is 1. The van der Waals surface area contributed by atoms with E-state index in [-0.39, 0.29) is 69.5 Å². The molecule has 22 heteroatoms. The number of carbonyl (C=O) groups is 8. The number of hydrogen-bond acceptors (Lipinski definition) is 12. The Labute approximate surface area is 352 Å².